The minimum absolute atomic E-state index is 0.263. The molecule has 41 heavy (non-hydrogen) atoms. The van der Waals surface area contributed by atoms with Crippen LogP contribution in [0.15, 0.2) is 102 Å². The summed E-state index contributed by atoms with van der Waals surface area (Å²) in [6, 6.07) is 23.8. The summed E-state index contributed by atoms with van der Waals surface area (Å²) in [6.07, 6.45) is 3.54. The third-order valence-electron chi connectivity index (χ3n) is 8.62. The molecule has 5 nitrogen and oxygen atoms in total. The van der Waals surface area contributed by atoms with E-state index in [1.165, 1.54) is 19.2 Å². The van der Waals surface area contributed by atoms with Crippen LogP contribution >= 0.6 is 15.9 Å². The summed E-state index contributed by atoms with van der Waals surface area (Å²) < 4.78 is 20.6. The van der Waals surface area contributed by atoms with Gasteiger partial charge in [-0.3, -0.25) is 14.4 Å². The molecular formula is C34H23BrFNO4. The minimum Gasteiger partial charge on any atom is -0.497 e. The molecule has 3 atom stereocenters. The summed E-state index contributed by atoms with van der Waals surface area (Å²) in [6.45, 7) is 0. The number of nitrogens with zero attached hydrogens (tertiary/aromatic N) is 1. The first kappa shape index (κ1) is 25.6. The van der Waals surface area contributed by atoms with Crippen molar-refractivity contribution in [1.29, 1.82) is 0 Å². The highest BCUT2D eigenvalue weighted by Crippen LogP contribution is 2.61. The molecule has 0 bridgehead atoms. The van der Waals surface area contributed by atoms with E-state index in [0.29, 0.717) is 39.3 Å². The fraction of sp³-hybridized carbons (Fsp3) is 0.147. The van der Waals surface area contributed by atoms with E-state index < -0.39 is 29.2 Å². The lowest BCUT2D eigenvalue weighted by Crippen LogP contribution is -2.48. The number of ether oxygens (including phenoxy) is 1. The number of ketones is 3. The summed E-state index contributed by atoms with van der Waals surface area (Å²) >= 11 is 3.49. The van der Waals surface area contributed by atoms with Crippen LogP contribution in [0, 0.1) is 11.2 Å². The van der Waals surface area contributed by atoms with Crippen LogP contribution in [-0.2, 0) is 0 Å². The van der Waals surface area contributed by atoms with Gasteiger partial charge in [-0.2, -0.15) is 0 Å². The van der Waals surface area contributed by atoms with Crippen molar-refractivity contribution in [3.05, 3.63) is 135 Å². The van der Waals surface area contributed by atoms with Crippen LogP contribution in [0.3, 0.4) is 0 Å². The highest BCUT2D eigenvalue weighted by atomic mass is 79.9. The van der Waals surface area contributed by atoms with Gasteiger partial charge in [-0.1, -0.05) is 76.6 Å². The second-order valence-corrected chi connectivity index (χ2v) is 11.5. The van der Waals surface area contributed by atoms with Gasteiger partial charge in [-0.25, -0.2) is 4.39 Å². The number of carbonyl (C=O) groups excluding carboxylic acids is 3. The lowest BCUT2D eigenvalue weighted by Gasteiger charge is -2.37. The van der Waals surface area contributed by atoms with E-state index in [0.717, 1.165) is 4.47 Å². The topological polar surface area (TPSA) is 63.7 Å². The fourth-order valence-corrected chi connectivity index (χ4v) is 7.20. The first-order chi connectivity index (χ1) is 19.9. The Morgan fingerprint density at radius 3 is 2.29 bits per heavy atom. The van der Waals surface area contributed by atoms with Crippen molar-refractivity contribution in [2.75, 3.05) is 12.0 Å². The summed E-state index contributed by atoms with van der Waals surface area (Å²) in [5, 5.41) is 0. The number of methoxy groups -OCH3 is 1. The molecule has 1 saturated heterocycles. The van der Waals surface area contributed by atoms with E-state index in [-0.39, 0.29) is 17.3 Å². The Morgan fingerprint density at radius 1 is 0.902 bits per heavy atom. The van der Waals surface area contributed by atoms with Gasteiger partial charge in [0.25, 0.3) is 0 Å². The summed E-state index contributed by atoms with van der Waals surface area (Å²) in [7, 11) is 1.53. The number of hydrogen-bond acceptors (Lipinski definition) is 5. The monoisotopic (exact) mass is 607 g/mol. The van der Waals surface area contributed by atoms with Gasteiger partial charge in [-0.15, -0.1) is 0 Å². The van der Waals surface area contributed by atoms with Gasteiger partial charge in [0.15, 0.2) is 17.3 Å². The van der Waals surface area contributed by atoms with Gasteiger partial charge >= 0.3 is 0 Å². The minimum atomic E-state index is -1.61. The Labute approximate surface area is 244 Å². The van der Waals surface area contributed by atoms with Crippen LogP contribution in [0.4, 0.5) is 10.1 Å². The number of Topliss-reactive ketones (excluding diaryl/α,β-unsaturated/α-hetero) is 3. The Morgan fingerprint density at radius 2 is 1.61 bits per heavy atom. The van der Waals surface area contributed by atoms with E-state index in [1.54, 1.807) is 66.7 Å². The highest BCUT2D eigenvalue weighted by Gasteiger charge is 2.71. The molecule has 0 N–H and O–H groups in total. The predicted molar refractivity (Wildman–Crippen MR) is 157 cm³/mol. The lowest BCUT2D eigenvalue weighted by atomic mass is 9.64. The van der Waals surface area contributed by atoms with Crippen molar-refractivity contribution in [2.45, 2.75) is 18.0 Å². The standard InChI is InChI=1S/C34H23BrFNO4/c1-41-24-6-4-5-21(18-24)31(38)30-29(19-9-12-22(35)13-10-19)34(32(39)25-7-2-3-8-26(25)33(34)40)28-16-11-20-17-23(36)14-15-27(20)37(28)30/h2-18,28-30H,1H3/t28-,29-,30+/m1/s1. The molecule has 0 saturated carbocycles. The normalized spacial score (nSPS) is 21.5. The predicted octanol–water partition coefficient (Wildman–Crippen LogP) is 6.91. The quantitative estimate of drug-likeness (QED) is 0.186. The van der Waals surface area contributed by atoms with Gasteiger partial charge in [0, 0.05) is 38.3 Å². The van der Waals surface area contributed by atoms with Crippen molar-refractivity contribution >= 4 is 45.0 Å². The van der Waals surface area contributed by atoms with Crippen LogP contribution in [-0.4, -0.2) is 36.5 Å². The maximum absolute atomic E-state index is 14.7. The smallest absolute Gasteiger partial charge is 0.186 e. The zero-order valence-electron chi connectivity index (χ0n) is 21.9. The number of carbonyl (C=O) groups is 3. The number of anilines is 1. The average molecular weight is 608 g/mol. The third-order valence-corrected chi connectivity index (χ3v) is 9.15. The van der Waals surface area contributed by atoms with Crippen molar-refractivity contribution in [1.82, 2.24) is 0 Å². The SMILES string of the molecule is COc1cccc(C(=O)[C@@H]2[C@@H](c3ccc(Br)cc3)C3(C(=O)c4ccccc4C3=O)[C@H]3C=Cc4cc(F)ccc4N23)c1. The largest absolute Gasteiger partial charge is 0.497 e. The van der Waals surface area contributed by atoms with Crippen LogP contribution < -0.4 is 9.64 Å². The summed E-state index contributed by atoms with van der Waals surface area (Å²) in [5.41, 5.74) is 1.35. The Bertz CT molecular complexity index is 1760. The van der Waals surface area contributed by atoms with E-state index in [2.05, 4.69) is 15.9 Å². The molecule has 0 aromatic heterocycles. The van der Waals surface area contributed by atoms with Crippen LogP contribution in [0.25, 0.3) is 6.08 Å². The number of hydrogen-bond donors (Lipinski definition) is 0. The zero-order chi connectivity index (χ0) is 28.5. The number of fused-ring (bicyclic) bond motifs is 5. The molecule has 4 aromatic rings. The van der Waals surface area contributed by atoms with Crippen molar-refractivity contribution < 1.29 is 23.5 Å². The second-order valence-electron chi connectivity index (χ2n) is 10.6. The molecular weight excluding hydrogens is 585 g/mol. The molecule has 7 heteroatoms. The first-order valence-corrected chi connectivity index (χ1v) is 14.0. The average Bonchev–Trinajstić information content (AvgIpc) is 3.43. The molecule has 1 fully saturated rings. The van der Waals surface area contributed by atoms with Crippen LogP contribution in [0.2, 0.25) is 0 Å². The van der Waals surface area contributed by atoms with Gasteiger partial charge in [0.05, 0.1) is 13.2 Å². The summed E-state index contributed by atoms with van der Waals surface area (Å²) in [5.74, 6) is -1.62. The van der Waals surface area contributed by atoms with E-state index >= 15 is 0 Å². The number of halogens is 2. The van der Waals surface area contributed by atoms with Crippen LogP contribution in [0.1, 0.15) is 48.1 Å². The van der Waals surface area contributed by atoms with Crippen molar-refractivity contribution in [2.24, 2.45) is 5.41 Å². The maximum Gasteiger partial charge on any atom is 0.186 e. The molecule has 7 rings (SSSR count). The maximum atomic E-state index is 14.7. The Hall–Kier alpha value is -4.36. The lowest BCUT2D eigenvalue weighted by molar-refractivity contribution is 0.0666. The molecule has 0 amide bonds. The highest BCUT2D eigenvalue weighted by molar-refractivity contribution is 9.10. The fourth-order valence-electron chi connectivity index (χ4n) is 6.94. The van der Waals surface area contributed by atoms with Gasteiger partial charge in [0.1, 0.15) is 23.0 Å². The van der Waals surface area contributed by atoms with Crippen molar-refractivity contribution in [3.63, 3.8) is 0 Å². The molecule has 0 unspecified atom stereocenters. The van der Waals surface area contributed by atoms with Gasteiger partial charge in [-0.05, 0) is 48.0 Å². The number of benzene rings is 4. The Balaban J connectivity index is 1.54. The molecule has 4 aromatic carbocycles. The van der Waals surface area contributed by atoms with E-state index in [9.17, 15) is 18.8 Å². The molecule has 3 aliphatic rings. The zero-order valence-corrected chi connectivity index (χ0v) is 23.5. The van der Waals surface area contributed by atoms with Crippen molar-refractivity contribution in [3.8, 4) is 5.75 Å². The molecule has 202 valence electrons. The molecule has 0 radical (unpaired) electrons. The Kier molecular flexibility index (Phi) is 5.84. The summed E-state index contributed by atoms with van der Waals surface area (Å²) in [4.78, 5) is 45.8. The van der Waals surface area contributed by atoms with E-state index in [4.69, 9.17) is 4.74 Å². The number of rotatable bonds is 4. The molecule has 2 aliphatic heterocycles. The third kappa shape index (κ3) is 3.55. The molecule has 1 spiro atoms. The first-order valence-electron chi connectivity index (χ1n) is 13.2. The van der Waals surface area contributed by atoms with Gasteiger partial charge < -0.3 is 9.64 Å². The molecule has 1 aliphatic carbocycles. The second kappa shape index (κ2) is 9.35. The van der Waals surface area contributed by atoms with E-state index in [1.807, 2.05) is 29.2 Å². The van der Waals surface area contributed by atoms with Gasteiger partial charge in [0.2, 0.25) is 0 Å². The van der Waals surface area contributed by atoms with Crippen LogP contribution in [0.5, 0.6) is 5.75 Å². The molecule has 2 heterocycles.